The van der Waals surface area contributed by atoms with Crippen molar-refractivity contribution in [1.29, 1.82) is 0 Å². The van der Waals surface area contributed by atoms with Gasteiger partial charge in [0.25, 0.3) is 0 Å². The van der Waals surface area contributed by atoms with Crippen LogP contribution in [0.2, 0.25) is 0 Å². The summed E-state index contributed by atoms with van der Waals surface area (Å²) in [5.74, 6) is 0.750. The molecule has 0 saturated heterocycles. The number of benzene rings is 2. The summed E-state index contributed by atoms with van der Waals surface area (Å²) in [5, 5.41) is 4.23. The number of aromatic nitrogens is 2. The van der Waals surface area contributed by atoms with Gasteiger partial charge in [0.1, 0.15) is 12.1 Å². The lowest BCUT2D eigenvalue weighted by Crippen LogP contribution is -1.97. The Kier molecular flexibility index (Phi) is 3.28. The zero-order valence-corrected chi connectivity index (χ0v) is 12.5. The number of nitrogens with one attached hydrogen (secondary N) is 1. The molecule has 0 unspecified atom stereocenters. The minimum atomic E-state index is 0.695. The molecule has 0 radical (unpaired) electrons. The van der Waals surface area contributed by atoms with Crippen LogP contribution in [0.5, 0.6) is 0 Å². The molecule has 1 heterocycles. The molecule has 0 bridgehead atoms. The van der Waals surface area contributed by atoms with Gasteiger partial charge in [-0.25, -0.2) is 9.97 Å². The van der Waals surface area contributed by atoms with Crippen LogP contribution in [0.15, 0.2) is 47.2 Å². The molecule has 1 aromatic heterocycles. The lowest BCUT2D eigenvalue weighted by atomic mass is 10.2. The molecule has 20 heavy (non-hydrogen) atoms. The van der Waals surface area contributed by atoms with Crippen molar-refractivity contribution in [1.82, 2.24) is 9.97 Å². The molecular weight excluding hydrogens is 316 g/mol. The number of fused-ring (bicyclic) bond motifs is 1. The third-order valence-corrected chi connectivity index (χ3v) is 3.42. The van der Waals surface area contributed by atoms with E-state index in [-0.39, 0.29) is 0 Å². The van der Waals surface area contributed by atoms with E-state index in [4.69, 9.17) is 5.73 Å². The molecule has 0 amide bonds. The standard InChI is InChI=1S/C15H13BrN4/c1-9-4-10(16)6-12(5-9)20-15-13-7-11(17)2-3-14(13)18-8-19-15/h2-8H,17H2,1H3,(H,18,19,20). The third-order valence-electron chi connectivity index (χ3n) is 2.96. The van der Waals surface area contributed by atoms with E-state index < -0.39 is 0 Å². The summed E-state index contributed by atoms with van der Waals surface area (Å²) >= 11 is 3.49. The molecule has 5 heteroatoms. The normalized spacial score (nSPS) is 10.7. The monoisotopic (exact) mass is 328 g/mol. The molecule has 100 valence electrons. The summed E-state index contributed by atoms with van der Waals surface area (Å²) in [6, 6.07) is 11.7. The molecule has 0 saturated carbocycles. The first-order chi connectivity index (χ1) is 9.61. The molecule has 0 spiro atoms. The number of aryl methyl sites for hydroxylation is 1. The predicted octanol–water partition coefficient (Wildman–Crippen LogP) is 4.03. The number of rotatable bonds is 2. The van der Waals surface area contributed by atoms with Crippen molar-refractivity contribution in [2.24, 2.45) is 0 Å². The van der Waals surface area contributed by atoms with Crippen LogP contribution in [0.3, 0.4) is 0 Å². The molecule has 0 fully saturated rings. The summed E-state index contributed by atoms with van der Waals surface area (Å²) in [7, 11) is 0. The molecule has 4 nitrogen and oxygen atoms in total. The summed E-state index contributed by atoms with van der Waals surface area (Å²) in [6.45, 7) is 2.05. The van der Waals surface area contributed by atoms with Gasteiger partial charge in [-0.2, -0.15) is 0 Å². The fraction of sp³-hybridized carbons (Fsp3) is 0.0667. The van der Waals surface area contributed by atoms with E-state index in [1.807, 2.05) is 31.2 Å². The van der Waals surface area contributed by atoms with Crippen molar-refractivity contribution in [3.05, 3.63) is 52.8 Å². The second-order valence-electron chi connectivity index (χ2n) is 4.64. The van der Waals surface area contributed by atoms with Crippen LogP contribution in [-0.4, -0.2) is 9.97 Å². The second-order valence-corrected chi connectivity index (χ2v) is 5.56. The van der Waals surface area contributed by atoms with Gasteiger partial charge in [0.15, 0.2) is 0 Å². The molecule has 0 aliphatic rings. The fourth-order valence-electron chi connectivity index (χ4n) is 2.12. The Bertz CT molecular complexity index is 766. The number of nitrogen functional groups attached to an aromatic ring is 1. The van der Waals surface area contributed by atoms with Crippen molar-refractivity contribution >= 4 is 44.0 Å². The number of nitrogens with two attached hydrogens (primary N) is 1. The van der Waals surface area contributed by atoms with E-state index >= 15 is 0 Å². The fourth-order valence-corrected chi connectivity index (χ4v) is 2.73. The highest BCUT2D eigenvalue weighted by molar-refractivity contribution is 9.10. The number of halogens is 1. The minimum absolute atomic E-state index is 0.695. The Hall–Kier alpha value is -2.14. The molecule has 0 aliphatic heterocycles. The lowest BCUT2D eigenvalue weighted by Gasteiger charge is -2.10. The van der Waals surface area contributed by atoms with E-state index in [9.17, 15) is 0 Å². The van der Waals surface area contributed by atoms with E-state index in [1.54, 1.807) is 6.33 Å². The summed E-state index contributed by atoms with van der Waals surface area (Å²) in [6.07, 6.45) is 1.55. The average molecular weight is 329 g/mol. The number of anilines is 3. The first-order valence-corrected chi connectivity index (χ1v) is 6.95. The number of hydrogen-bond donors (Lipinski definition) is 2. The van der Waals surface area contributed by atoms with Gasteiger partial charge in [0.2, 0.25) is 0 Å². The molecule has 0 aliphatic carbocycles. The molecule has 0 atom stereocenters. The van der Waals surface area contributed by atoms with E-state index in [2.05, 4.69) is 43.3 Å². The van der Waals surface area contributed by atoms with Crippen LogP contribution in [0.1, 0.15) is 5.56 Å². The van der Waals surface area contributed by atoms with Crippen LogP contribution < -0.4 is 11.1 Å². The van der Waals surface area contributed by atoms with Gasteiger partial charge in [-0.1, -0.05) is 15.9 Å². The van der Waals surface area contributed by atoms with Gasteiger partial charge in [0.05, 0.1) is 5.52 Å². The van der Waals surface area contributed by atoms with E-state index in [0.29, 0.717) is 5.69 Å². The van der Waals surface area contributed by atoms with Crippen molar-refractivity contribution in [3.63, 3.8) is 0 Å². The maximum atomic E-state index is 5.84. The van der Waals surface area contributed by atoms with Crippen LogP contribution >= 0.6 is 15.9 Å². The van der Waals surface area contributed by atoms with Gasteiger partial charge >= 0.3 is 0 Å². The highest BCUT2D eigenvalue weighted by Crippen LogP contribution is 2.26. The third kappa shape index (κ3) is 2.58. The molecular formula is C15H13BrN4. The highest BCUT2D eigenvalue weighted by Gasteiger charge is 2.05. The Balaban J connectivity index is 2.08. The highest BCUT2D eigenvalue weighted by atomic mass is 79.9. The number of hydrogen-bond acceptors (Lipinski definition) is 4. The SMILES string of the molecule is Cc1cc(Br)cc(Nc2ncnc3ccc(N)cc23)c1. The topological polar surface area (TPSA) is 63.8 Å². The first-order valence-electron chi connectivity index (χ1n) is 6.16. The quantitative estimate of drug-likeness (QED) is 0.697. The molecule has 3 rings (SSSR count). The minimum Gasteiger partial charge on any atom is -0.399 e. The largest absolute Gasteiger partial charge is 0.399 e. The van der Waals surface area contributed by atoms with E-state index in [1.165, 1.54) is 5.56 Å². The predicted molar refractivity (Wildman–Crippen MR) is 86.1 cm³/mol. The summed E-state index contributed by atoms with van der Waals surface area (Å²) < 4.78 is 1.03. The van der Waals surface area contributed by atoms with Gasteiger partial charge in [-0.3, -0.25) is 0 Å². The number of nitrogens with zero attached hydrogens (tertiary/aromatic N) is 2. The van der Waals surface area contributed by atoms with Gasteiger partial charge in [-0.05, 0) is 48.9 Å². The first kappa shape index (κ1) is 12.9. The Morgan fingerprint density at radius 3 is 2.75 bits per heavy atom. The van der Waals surface area contributed by atoms with Crippen molar-refractivity contribution in [2.75, 3.05) is 11.1 Å². The Morgan fingerprint density at radius 2 is 1.95 bits per heavy atom. The maximum Gasteiger partial charge on any atom is 0.141 e. The summed E-state index contributed by atoms with van der Waals surface area (Å²) in [5.41, 5.74) is 9.54. The van der Waals surface area contributed by atoms with E-state index in [0.717, 1.165) is 26.9 Å². The zero-order valence-electron chi connectivity index (χ0n) is 10.9. The molecule has 2 aromatic carbocycles. The van der Waals surface area contributed by atoms with Crippen molar-refractivity contribution in [2.45, 2.75) is 6.92 Å². The van der Waals surface area contributed by atoms with Gasteiger partial charge in [0, 0.05) is 21.2 Å². The van der Waals surface area contributed by atoms with Gasteiger partial charge in [-0.15, -0.1) is 0 Å². The van der Waals surface area contributed by atoms with Crippen LogP contribution in [0.4, 0.5) is 17.2 Å². The molecule has 3 aromatic rings. The van der Waals surface area contributed by atoms with Crippen molar-refractivity contribution < 1.29 is 0 Å². The average Bonchev–Trinajstić information content (AvgIpc) is 2.38. The lowest BCUT2D eigenvalue weighted by molar-refractivity contribution is 1.22. The van der Waals surface area contributed by atoms with Crippen molar-refractivity contribution in [3.8, 4) is 0 Å². The smallest absolute Gasteiger partial charge is 0.141 e. The summed E-state index contributed by atoms with van der Waals surface area (Å²) in [4.78, 5) is 8.55. The van der Waals surface area contributed by atoms with Crippen LogP contribution in [0.25, 0.3) is 10.9 Å². The molecule has 3 N–H and O–H groups in total. The zero-order chi connectivity index (χ0) is 14.1. The maximum absolute atomic E-state index is 5.84. The Labute approximate surface area is 125 Å². The van der Waals surface area contributed by atoms with Crippen LogP contribution in [-0.2, 0) is 0 Å². The van der Waals surface area contributed by atoms with Gasteiger partial charge < -0.3 is 11.1 Å². The second kappa shape index (κ2) is 5.09. The Morgan fingerprint density at radius 1 is 1.10 bits per heavy atom. The van der Waals surface area contributed by atoms with Crippen LogP contribution in [0, 0.1) is 6.92 Å².